The average Bonchev–Trinajstić information content (AvgIpc) is 2.89. The van der Waals surface area contributed by atoms with Gasteiger partial charge >= 0.3 is 0 Å². The van der Waals surface area contributed by atoms with E-state index in [1.54, 1.807) is 37.1 Å². The third-order valence-electron chi connectivity index (χ3n) is 3.78. The number of aromatic nitrogens is 3. The van der Waals surface area contributed by atoms with E-state index in [1.807, 2.05) is 18.2 Å². The Morgan fingerprint density at radius 1 is 1.30 bits per heavy atom. The lowest BCUT2D eigenvalue weighted by Gasteiger charge is -2.05. The van der Waals surface area contributed by atoms with Crippen LogP contribution < -0.4 is 15.7 Å². The predicted octanol–water partition coefficient (Wildman–Crippen LogP) is 1.07. The van der Waals surface area contributed by atoms with Crippen LogP contribution in [0, 0.1) is 0 Å². The van der Waals surface area contributed by atoms with Crippen LogP contribution in [0.1, 0.15) is 11.4 Å². The fourth-order valence-corrected chi connectivity index (χ4v) is 2.77. The number of hydrogen-bond donors (Lipinski definition) is 1. The van der Waals surface area contributed by atoms with E-state index in [2.05, 4.69) is 20.5 Å². The molecular formula is C16H13N5O2. The summed E-state index contributed by atoms with van der Waals surface area (Å²) in [6, 6.07) is 8.94. The van der Waals surface area contributed by atoms with E-state index in [1.165, 1.54) is 0 Å². The number of pyridine rings is 1. The van der Waals surface area contributed by atoms with E-state index in [4.69, 9.17) is 4.74 Å². The van der Waals surface area contributed by atoms with Crippen LogP contribution in [0.15, 0.2) is 46.4 Å². The van der Waals surface area contributed by atoms with Gasteiger partial charge in [0.2, 0.25) is 0 Å². The quantitative estimate of drug-likeness (QED) is 0.560. The van der Waals surface area contributed by atoms with Crippen LogP contribution in [0.2, 0.25) is 0 Å². The largest absolute Gasteiger partial charge is 0.497 e. The van der Waals surface area contributed by atoms with Crippen LogP contribution in [0.25, 0.3) is 16.7 Å². The number of hydrogen-bond acceptors (Lipinski definition) is 6. The van der Waals surface area contributed by atoms with E-state index in [-0.39, 0.29) is 5.56 Å². The first kappa shape index (κ1) is 13.4. The van der Waals surface area contributed by atoms with Gasteiger partial charge in [0, 0.05) is 18.8 Å². The van der Waals surface area contributed by atoms with Gasteiger partial charge in [-0.3, -0.25) is 9.36 Å². The van der Waals surface area contributed by atoms with Crippen molar-refractivity contribution in [1.82, 2.24) is 20.0 Å². The van der Waals surface area contributed by atoms with Crippen molar-refractivity contribution in [2.45, 2.75) is 0 Å². The van der Waals surface area contributed by atoms with Gasteiger partial charge in [-0.1, -0.05) is 0 Å². The number of nitrogens with zero attached hydrogens (tertiary/aromatic N) is 4. The van der Waals surface area contributed by atoms with Crippen LogP contribution in [-0.4, -0.2) is 34.4 Å². The number of benzene rings is 1. The summed E-state index contributed by atoms with van der Waals surface area (Å²) in [6.45, 7) is 0. The molecule has 1 aliphatic rings. The Kier molecular flexibility index (Phi) is 2.87. The first-order chi connectivity index (χ1) is 11.2. The fraction of sp³-hybridized carbons (Fsp3) is 0.125. The highest BCUT2D eigenvalue weighted by atomic mass is 16.5. The summed E-state index contributed by atoms with van der Waals surface area (Å²) >= 11 is 0. The molecule has 0 amide bonds. The number of ether oxygens (including phenoxy) is 1. The summed E-state index contributed by atoms with van der Waals surface area (Å²) in [7, 11) is 3.30. The van der Waals surface area contributed by atoms with Crippen molar-refractivity contribution in [3.05, 3.63) is 58.3 Å². The lowest BCUT2D eigenvalue weighted by atomic mass is 10.1. The van der Waals surface area contributed by atoms with Crippen LogP contribution >= 0.6 is 0 Å². The molecular weight excluding hydrogens is 294 g/mol. The summed E-state index contributed by atoms with van der Waals surface area (Å²) in [5, 5.41) is 4.77. The molecule has 114 valence electrons. The third-order valence-corrected chi connectivity index (χ3v) is 3.78. The van der Waals surface area contributed by atoms with Crippen molar-refractivity contribution in [3.63, 3.8) is 0 Å². The zero-order chi connectivity index (χ0) is 16.0. The average molecular weight is 307 g/mol. The van der Waals surface area contributed by atoms with Crippen LogP contribution in [-0.2, 0) is 0 Å². The van der Waals surface area contributed by atoms with E-state index >= 15 is 0 Å². The van der Waals surface area contributed by atoms with Gasteiger partial charge in [-0.25, -0.2) is 9.97 Å². The number of methoxy groups -OCH3 is 1. The van der Waals surface area contributed by atoms with Crippen LogP contribution in [0.5, 0.6) is 5.75 Å². The first-order valence-corrected chi connectivity index (χ1v) is 7.06. The van der Waals surface area contributed by atoms with Crippen molar-refractivity contribution in [1.29, 1.82) is 0 Å². The lowest BCUT2D eigenvalue weighted by molar-refractivity contribution is 0.414. The predicted molar refractivity (Wildman–Crippen MR) is 86.4 cm³/mol. The van der Waals surface area contributed by atoms with Gasteiger partial charge in [0.05, 0.1) is 18.2 Å². The molecule has 1 aliphatic heterocycles. The SMILES string of the molecule is CN/N=C1\c2cc(OC)ccc2-n2c1nc1ncccc1c2=O. The Bertz CT molecular complexity index is 1020. The maximum atomic E-state index is 12.9. The number of nitrogens with one attached hydrogen (secondary N) is 1. The molecule has 0 atom stereocenters. The molecule has 0 unspecified atom stereocenters. The second-order valence-electron chi connectivity index (χ2n) is 5.02. The van der Waals surface area contributed by atoms with E-state index in [0.717, 1.165) is 11.3 Å². The van der Waals surface area contributed by atoms with Crippen LogP contribution in [0.4, 0.5) is 0 Å². The maximum Gasteiger partial charge on any atom is 0.267 e. The fourth-order valence-electron chi connectivity index (χ4n) is 2.77. The van der Waals surface area contributed by atoms with Crippen LogP contribution in [0.3, 0.4) is 0 Å². The summed E-state index contributed by atoms with van der Waals surface area (Å²) in [5.41, 5.74) is 5.13. The van der Waals surface area contributed by atoms with Crippen molar-refractivity contribution in [3.8, 4) is 11.4 Å². The zero-order valence-electron chi connectivity index (χ0n) is 12.6. The lowest BCUT2D eigenvalue weighted by Crippen LogP contribution is -2.22. The topological polar surface area (TPSA) is 81.4 Å². The Morgan fingerprint density at radius 2 is 2.17 bits per heavy atom. The molecule has 7 nitrogen and oxygen atoms in total. The van der Waals surface area contributed by atoms with Gasteiger partial charge in [-0.15, -0.1) is 0 Å². The second-order valence-corrected chi connectivity index (χ2v) is 5.02. The minimum Gasteiger partial charge on any atom is -0.497 e. The Morgan fingerprint density at radius 3 is 2.96 bits per heavy atom. The molecule has 4 rings (SSSR count). The molecule has 0 spiro atoms. The summed E-state index contributed by atoms with van der Waals surface area (Å²) < 4.78 is 6.84. The Hall–Kier alpha value is -3.22. The molecule has 0 saturated carbocycles. The molecule has 2 aromatic heterocycles. The third kappa shape index (κ3) is 1.83. The molecule has 3 heterocycles. The molecule has 0 radical (unpaired) electrons. The number of hydrazone groups is 1. The highest BCUT2D eigenvalue weighted by Crippen LogP contribution is 2.29. The Labute approximate surface area is 131 Å². The van der Waals surface area contributed by atoms with Gasteiger partial charge in [-0.2, -0.15) is 5.10 Å². The summed E-state index contributed by atoms with van der Waals surface area (Å²) in [5.74, 6) is 1.16. The van der Waals surface area contributed by atoms with E-state index in [0.29, 0.717) is 28.3 Å². The Balaban J connectivity index is 2.13. The smallest absolute Gasteiger partial charge is 0.267 e. The van der Waals surface area contributed by atoms with Gasteiger partial charge in [0.15, 0.2) is 11.5 Å². The highest BCUT2D eigenvalue weighted by Gasteiger charge is 2.29. The molecule has 23 heavy (non-hydrogen) atoms. The molecule has 7 heteroatoms. The summed E-state index contributed by atoms with van der Waals surface area (Å²) in [4.78, 5) is 21.6. The number of rotatable bonds is 2. The van der Waals surface area contributed by atoms with Crippen molar-refractivity contribution >= 4 is 16.7 Å². The highest BCUT2D eigenvalue weighted by molar-refractivity contribution is 6.16. The maximum absolute atomic E-state index is 12.9. The molecule has 1 aromatic carbocycles. The van der Waals surface area contributed by atoms with Gasteiger partial charge in [0.1, 0.15) is 11.5 Å². The van der Waals surface area contributed by atoms with Crippen molar-refractivity contribution in [2.75, 3.05) is 14.2 Å². The molecule has 0 bridgehead atoms. The molecule has 0 aliphatic carbocycles. The van der Waals surface area contributed by atoms with Gasteiger partial charge in [0.25, 0.3) is 5.56 Å². The number of fused-ring (bicyclic) bond motifs is 4. The van der Waals surface area contributed by atoms with Gasteiger partial charge < -0.3 is 10.2 Å². The normalized spacial score (nSPS) is 13.9. The molecule has 1 N–H and O–H groups in total. The second kappa shape index (κ2) is 4.91. The van der Waals surface area contributed by atoms with Crippen molar-refractivity contribution in [2.24, 2.45) is 5.10 Å². The minimum absolute atomic E-state index is 0.161. The summed E-state index contributed by atoms with van der Waals surface area (Å²) in [6.07, 6.45) is 1.62. The minimum atomic E-state index is -0.161. The van der Waals surface area contributed by atoms with E-state index < -0.39 is 0 Å². The van der Waals surface area contributed by atoms with Crippen molar-refractivity contribution < 1.29 is 4.74 Å². The van der Waals surface area contributed by atoms with Gasteiger partial charge in [-0.05, 0) is 30.3 Å². The monoisotopic (exact) mass is 307 g/mol. The van der Waals surface area contributed by atoms with E-state index in [9.17, 15) is 4.79 Å². The standard InChI is InChI=1S/C16H13N5O2/c1-17-20-13-11-8-9(23-2)5-6-12(11)21-15(13)19-14-10(16(21)22)4-3-7-18-14/h3-8,17H,1-2H3/b20-13+. The molecule has 3 aromatic rings. The molecule has 0 fully saturated rings. The molecule has 0 saturated heterocycles. The first-order valence-electron chi connectivity index (χ1n) is 7.06. The zero-order valence-corrected chi connectivity index (χ0v) is 12.6.